The number of thiophene rings is 1. The maximum Gasteiger partial charge on any atom is 0.180 e. The van der Waals surface area contributed by atoms with Crippen LogP contribution in [0.4, 0.5) is 0 Å². The minimum absolute atomic E-state index is 0.208. The van der Waals surface area contributed by atoms with Gasteiger partial charge < -0.3 is 4.74 Å². The van der Waals surface area contributed by atoms with Crippen LogP contribution >= 0.6 is 27.3 Å². The van der Waals surface area contributed by atoms with Gasteiger partial charge in [-0.25, -0.2) is 8.42 Å². The average molecular weight is 338 g/mol. The van der Waals surface area contributed by atoms with E-state index in [-0.39, 0.29) is 5.75 Å². The van der Waals surface area contributed by atoms with Crippen molar-refractivity contribution < 1.29 is 13.2 Å². The van der Waals surface area contributed by atoms with Gasteiger partial charge in [-0.05, 0) is 22.0 Å². The Bertz CT molecular complexity index is 536. The molecule has 1 saturated heterocycles. The van der Waals surface area contributed by atoms with Gasteiger partial charge in [-0.1, -0.05) is 0 Å². The van der Waals surface area contributed by atoms with E-state index in [1.165, 1.54) is 11.3 Å². The molecule has 4 nitrogen and oxygen atoms in total. The van der Waals surface area contributed by atoms with Gasteiger partial charge in [0.1, 0.15) is 0 Å². The molecule has 1 aromatic rings. The summed E-state index contributed by atoms with van der Waals surface area (Å²) in [6, 6.07) is 2.12. The quantitative estimate of drug-likeness (QED) is 0.779. The first-order valence-corrected chi connectivity index (χ1v) is 8.65. The summed E-state index contributed by atoms with van der Waals surface area (Å²) in [5.74, 6) is 0.208. The monoisotopic (exact) mass is 337 g/mol. The van der Waals surface area contributed by atoms with E-state index in [0.29, 0.717) is 17.5 Å². The number of fused-ring (bicyclic) bond motifs is 1. The van der Waals surface area contributed by atoms with Crippen LogP contribution in [0, 0.1) is 0 Å². The zero-order valence-corrected chi connectivity index (χ0v) is 12.3. The summed E-state index contributed by atoms with van der Waals surface area (Å²) in [5, 5.41) is 0. The average Bonchev–Trinajstić information content (AvgIpc) is 2.49. The predicted octanol–water partition coefficient (Wildman–Crippen LogP) is 1.50. The molecule has 3 rings (SSSR count). The highest BCUT2D eigenvalue weighted by Gasteiger charge is 2.33. The molecule has 0 aromatic carbocycles. The van der Waals surface area contributed by atoms with E-state index >= 15 is 0 Å². The molecule has 1 fully saturated rings. The third kappa shape index (κ3) is 2.19. The summed E-state index contributed by atoms with van der Waals surface area (Å²) >= 11 is 4.89. The second kappa shape index (κ2) is 4.31. The Morgan fingerprint density at radius 2 is 2.24 bits per heavy atom. The van der Waals surface area contributed by atoms with Crippen LogP contribution < -0.4 is 0 Å². The molecule has 0 unspecified atom stereocenters. The Kier molecular flexibility index (Phi) is 3.07. The standard InChI is InChI=1S/C10H12BrNO3S2/c11-10-3-9-8(16-10)4-12(7-5-15-6-7)1-2-17(9,13)14/h3,7H,1-2,4-6H2. The fraction of sp³-hybridized carbons (Fsp3) is 0.600. The summed E-state index contributed by atoms with van der Waals surface area (Å²) in [6.07, 6.45) is 0. The normalized spacial score (nSPS) is 25.0. The Hall–Kier alpha value is 0.0500. The minimum Gasteiger partial charge on any atom is -0.378 e. The van der Waals surface area contributed by atoms with E-state index in [1.54, 1.807) is 6.07 Å². The van der Waals surface area contributed by atoms with Gasteiger partial charge in [0, 0.05) is 18.0 Å². The molecule has 0 spiro atoms. The minimum atomic E-state index is -3.11. The van der Waals surface area contributed by atoms with Gasteiger partial charge in [0.05, 0.1) is 33.7 Å². The Morgan fingerprint density at radius 3 is 2.88 bits per heavy atom. The lowest BCUT2D eigenvalue weighted by molar-refractivity contribution is -0.0655. The maximum atomic E-state index is 12.1. The molecule has 0 aliphatic carbocycles. The van der Waals surface area contributed by atoms with Crippen LogP contribution in [0.25, 0.3) is 0 Å². The third-order valence-corrected chi connectivity index (χ3v) is 6.71. The molecule has 0 saturated carbocycles. The molecule has 0 atom stereocenters. The number of sulfone groups is 1. The van der Waals surface area contributed by atoms with Gasteiger partial charge in [-0.3, -0.25) is 4.90 Å². The van der Waals surface area contributed by atoms with Gasteiger partial charge in [0.15, 0.2) is 9.84 Å². The van der Waals surface area contributed by atoms with Crippen molar-refractivity contribution in [2.45, 2.75) is 17.5 Å². The highest BCUT2D eigenvalue weighted by atomic mass is 79.9. The number of hydrogen-bond acceptors (Lipinski definition) is 5. The second-order valence-corrected chi connectivity index (χ2v) is 8.91. The Balaban J connectivity index is 1.96. The molecule has 94 valence electrons. The van der Waals surface area contributed by atoms with Crippen molar-refractivity contribution in [2.75, 3.05) is 25.5 Å². The van der Waals surface area contributed by atoms with Crippen molar-refractivity contribution in [1.29, 1.82) is 0 Å². The van der Waals surface area contributed by atoms with Crippen molar-refractivity contribution in [3.05, 3.63) is 14.7 Å². The SMILES string of the molecule is O=S1(=O)CCN(C2COC2)Cc2sc(Br)cc21. The fourth-order valence-electron chi connectivity index (χ4n) is 2.11. The molecule has 0 amide bonds. The molecule has 3 heterocycles. The molecular formula is C10H12BrNO3S2. The second-order valence-electron chi connectivity index (χ2n) is 4.32. The lowest BCUT2D eigenvalue weighted by Gasteiger charge is -2.36. The smallest absolute Gasteiger partial charge is 0.180 e. The van der Waals surface area contributed by atoms with Crippen molar-refractivity contribution in [1.82, 2.24) is 4.90 Å². The van der Waals surface area contributed by atoms with E-state index in [2.05, 4.69) is 20.8 Å². The summed E-state index contributed by atoms with van der Waals surface area (Å²) in [6.45, 7) is 2.78. The largest absolute Gasteiger partial charge is 0.378 e. The fourth-order valence-corrected chi connectivity index (χ4v) is 5.86. The third-order valence-electron chi connectivity index (χ3n) is 3.21. The molecule has 1 aromatic heterocycles. The zero-order chi connectivity index (χ0) is 12.0. The molecule has 17 heavy (non-hydrogen) atoms. The lowest BCUT2D eigenvalue weighted by atomic mass is 10.2. The number of hydrogen-bond donors (Lipinski definition) is 0. The topological polar surface area (TPSA) is 46.6 Å². The Labute approximate surface area is 113 Å². The van der Waals surface area contributed by atoms with Gasteiger partial charge >= 0.3 is 0 Å². The predicted molar refractivity (Wildman–Crippen MR) is 69.1 cm³/mol. The van der Waals surface area contributed by atoms with Crippen LogP contribution in [-0.4, -0.2) is 44.9 Å². The molecule has 0 bridgehead atoms. The van der Waals surface area contributed by atoms with Crippen LogP contribution in [0.2, 0.25) is 0 Å². The number of nitrogens with zero attached hydrogens (tertiary/aromatic N) is 1. The van der Waals surface area contributed by atoms with Crippen LogP contribution in [0.3, 0.4) is 0 Å². The van der Waals surface area contributed by atoms with Crippen molar-refractivity contribution >= 4 is 37.1 Å². The maximum absolute atomic E-state index is 12.1. The van der Waals surface area contributed by atoms with Crippen LogP contribution in [0.5, 0.6) is 0 Å². The number of halogens is 1. The first-order valence-electron chi connectivity index (χ1n) is 5.39. The van der Waals surface area contributed by atoms with Crippen LogP contribution in [0.15, 0.2) is 14.7 Å². The van der Waals surface area contributed by atoms with Gasteiger partial charge in [-0.2, -0.15) is 0 Å². The summed E-state index contributed by atoms with van der Waals surface area (Å²) in [4.78, 5) is 3.67. The Morgan fingerprint density at radius 1 is 1.47 bits per heavy atom. The highest BCUT2D eigenvalue weighted by molar-refractivity contribution is 9.11. The van der Waals surface area contributed by atoms with Gasteiger partial charge in [-0.15, -0.1) is 11.3 Å². The van der Waals surface area contributed by atoms with E-state index in [1.807, 2.05) is 0 Å². The summed E-state index contributed by atoms with van der Waals surface area (Å²) < 4.78 is 30.3. The van der Waals surface area contributed by atoms with E-state index in [4.69, 9.17) is 4.74 Å². The van der Waals surface area contributed by atoms with E-state index in [9.17, 15) is 8.42 Å². The number of rotatable bonds is 1. The molecular weight excluding hydrogens is 326 g/mol. The zero-order valence-electron chi connectivity index (χ0n) is 9.06. The van der Waals surface area contributed by atoms with Gasteiger partial charge in [0.2, 0.25) is 0 Å². The van der Waals surface area contributed by atoms with Crippen molar-refractivity contribution in [3.63, 3.8) is 0 Å². The summed E-state index contributed by atoms with van der Waals surface area (Å²) in [5.41, 5.74) is 0. The molecule has 2 aliphatic rings. The highest BCUT2D eigenvalue weighted by Crippen LogP contribution is 2.34. The number of ether oxygens (including phenoxy) is 1. The molecule has 0 radical (unpaired) electrons. The van der Waals surface area contributed by atoms with E-state index in [0.717, 1.165) is 28.4 Å². The van der Waals surface area contributed by atoms with Crippen LogP contribution in [0.1, 0.15) is 4.88 Å². The van der Waals surface area contributed by atoms with Gasteiger partial charge in [0.25, 0.3) is 0 Å². The van der Waals surface area contributed by atoms with Crippen LogP contribution in [-0.2, 0) is 21.1 Å². The molecule has 2 aliphatic heterocycles. The van der Waals surface area contributed by atoms with Crippen molar-refractivity contribution in [2.24, 2.45) is 0 Å². The molecule has 7 heteroatoms. The lowest BCUT2D eigenvalue weighted by Crippen LogP contribution is -2.49. The first kappa shape index (κ1) is 12.1. The first-order chi connectivity index (χ1) is 8.06. The van der Waals surface area contributed by atoms with Crippen molar-refractivity contribution in [3.8, 4) is 0 Å². The molecule has 0 N–H and O–H groups in total. The summed E-state index contributed by atoms with van der Waals surface area (Å²) in [7, 11) is -3.11. The van der Waals surface area contributed by atoms with E-state index < -0.39 is 9.84 Å².